The van der Waals surface area contributed by atoms with Crippen molar-refractivity contribution in [2.45, 2.75) is 24.2 Å². The number of aliphatic hydroxyl groups is 1. The van der Waals surface area contributed by atoms with E-state index in [9.17, 15) is 31.1 Å². The summed E-state index contributed by atoms with van der Waals surface area (Å²) in [7, 11) is -4.27. The fourth-order valence-corrected chi connectivity index (χ4v) is 4.91. The molecule has 0 saturated heterocycles. The van der Waals surface area contributed by atoms with E-state index < -0.39 is 40.0 Å². The zero-order chi connectivity index (χ0) is 28.7. The third-order valence-electron chi connectivity index (χ3n) is 5.46. The number of fused-ring (bicyclic) bond motifs is 1. The van der Waals surface area contributed by atoms with Crippen LogP contribution in [0.25, 0.3) is 10.9 Å². The van der Waals surface area contributed by atoms with Gasteiger partial charge in [0.05, 0.1) is 17.0 Å². The Bertz CT molecular complexity index is 1540. The number of ether oxygens (including phenoxy) is 3. The number of alkyl halides is 4. The predicted octanol–water partition coefficient (Wildman–Crippen LogP) is 4.27. The molecular weight excluding hydrogens is 560 g/mol. The summed E-state index contributed by atoms with van der Waals surface area (Å²) in [6.07, 6.45) is -1.01. The third kappa shape index (κ3) is 7.52. The maximum atomic E-state index is 12.8. The molecule has 1 atom stereocenters. The molecule has 0 amide bonds. The number of nitrogens with zero attached hydrogens (tertiary/aromatic N) is 1. The van der Waals surface area contributed by atoms with Crippen LogP contribution in [0, 0.1) is 0 Å². The predicted molar refractivity (Wildman–Crippen MR) is 136 cm³/mol. The maximum Gasteiger partial charge on any atom is 0.388 e. The van der Waals surface area contributed by atoms with Gasteiger partial charge in [0, 0.05) is 24.8 Å². The third-order valence-corrected chi connectivity index (χ3v) is 6.88. The second-order valence-corrected chi connectivity index (χ2v) is 9.89. The summed E-state index contributed by atoms with van der Waals surface area (Å²) < 4.78 is 92.4. The first-order valence-electron chi connectivity index (χ1n) is 11.7. The Labute approximate surface area is 225 Å². The van der Waals surface area contributed by atoms with Crippen LogP contribution in [-0.2, 0) is 10.0 Å². The number of benzene rings is 3. The highest BCUT2D eigenvalue weighted by Gasteiger charge is 2.22. The van der Waals surface area contributed by atoms with Crippen LogP contribution >= 0.6 is 0 Å². The quantitative estimate of drug-likeness (QED) is 0.128. The summed E-state index contributed by atoms with van der Waals surface area (Å²) >= 11 is 0. The fraction of sp³-hybridized carbons (Fsp3) is 0.240. The highest BCUT2D eigenvalue weighted by atomic mass is 32.2. The Morgan fingerprint density at radius 2 is 1.73 bits per heavy atom. The minimum Gasteiger partial charge on any atom is -0.492 e. The molecule has 1 unspecified atom stereocenters. The summed E-state index contributed by atoms with van der Waals surface area (Å²) in [5, 5.41) is 20.2. The van der Waals surface area contributed by atoms with Crippen LogP contribution in [0.3, 0.4) is 0 Å². The number of sulfonamides is 1. The van der Waals surface area contributed by atoms with Gasteiger partial charge in [-0.3, -0.25) is 9.82 Å². The number of anilines is 1. The molecule has 0 aliphatic rings. The number of halogens is 4. The lowest BCUT2D eigenvalue weighted by molar-refractivity contribution is -0.0525. The lowest BCUT2D eigenvalue weighted by atomic mass is 10.1. The van der Waals surface area contributed by atoms with E-state index in [1.165, 1.54) is 36.4 Å². The molecule has 0 spiro atoms. The molecular formula is C25H24F4N4O6S. The Hall–Kier alpha value is -4.08. The van der Waals surface area contributed by atoms with Crippen molar-refractivity contribution in [3.05, 3.63) is 72.3 Å². The number of aliphatic hydroxyl groups excluding tert-OH is 1. The first kappa shape index (κ1) is 28.9. The van der Waals surface area contributed by atoms with Gasteiger partial charge in [0.15, 0.2) is 0 Å². The number of H-pyrrole nitrogens is 1. The molecule has 4 aromatic rings. The summed E-state index contributed by atoms with van der Waals surface area (Å²) in [5.41, 5.74) is 0.970. The van der Waals surface area contributed by atoms with Gasteiger partial charge in [0.1, 0.15) is 23.0 Å². The molecule has 0 radical (unpaired) electrons. The molecule has 0 fully saturated rings. The molecule has 4 rings (SSSR count). The standard InChI is InChI=1S/C25H24F4N4O6S/c26-24(27)38-21-6-1-2-7-22(21)40(35,36)33-16-5-3-4-15(12-16)20(34)14-30-10-11-37-17-8-9-18-19(13-17)31-32-23(18)39-25(28)29/h1-9,12-13,20,24-25,30,33-34H,10-11,14H2,(H,31,32). The summed E-state index contributed by atoms with van der Waals surface area (Å²) in [4.78, 5) is -0.462. The van der Waals surface area contributed by atoms with E-state index in [1.54, 1.807) is 18.2 Å². The van der Waals surface area contributed by atoms with Gasteiger partial charge in [-0.15, -0.1) is 5.10 Å². The van der Waals surface area contributed by atoms with Crippen LogP contribution < -0.4 is 24.2 Å². The lowest BCUT2D eigenvalue weighted by Crippen LogP contribution is -2.26. The zero-order valence-corrected chi connectivity index (χ0v) is 21.4. The van der Waals surface area contributed by atoms with E-state index >= 15 is 0 Å². The van der Waals surface area contributed by atoms with Gasteiger partial charge in [0.25, 0.3) is 10.0 Å². The Balaban J connectivity index is 1.28. The van der Waals surface area contributed by atoms with Crippen LogP contribution in [0.1, 0.15) is 11.7 Å². The molecule has 1 heterocycles. The van der Waals surface area contributed by atoms with Gasteiger partial charge in [-0.05, 0) is 42.0 Å². The van der Waals surface area contributed by atoms with E-state index in [2.05, 4.69) is 29.7 Å². The molecule has 0 aliphatic carbocycles. The minimum absolute atomic E-state index is 0.110. The second kappa shape index (κ2) is 12.8. The number of rotatable bonds is 14. The van der Waals surface area contributed by atoms with Crippen LogP contribution in [-0.4, -0.2) is 56.6 Å². The fourth-order valence-electron chi connectivity index (χ4n) is 3.72. The Morgan fingerprint density at radius 3 is 2.50 bits per heavy atom. The van der Waals surface area contributed by atoms with E-state index in [4.69, 9.17) is 4.74 Å². The highest BCUT2D eigenvalue weighted by Crippen LogP contribution is 2.29. The van der Waals surface area contributed by atoms with Crippen molar-refractivity contribution in [2.75, 3.05) is 24.4 Å². The van der Waals surface area contributed by atoms with Crippen molar-refractivity contribution in [1.82, 2.24) is 15.5 Å². The van der Waals surface area contributed by atoms with Crippen molar-refractivity contribution in [3.8, 4) is 17.4 Å². The van der Waals surface area contributed by atoms with Gasteiger partial charge < -0.3 is 24.6 Å². The average Bonchev–Trinajstić information content (AvgIpc) is 3.29. The minimum atomic E-state index is -4.27. The Morgan fingerprint density at radius 1 is 0.950 bits per heavy atom. The first-order valence-corrected chi connectivity index (χ1v) is 13.2. The molecule has 40 heavy (non-hydrogen) atoms. The van der Waals surface area contributed by atoms with Gasteiger partial charge in [-0.1, -0.05) is 24.3 Å². The molecule has 0 saturated carbocycles. The lowest BCUT2D eigenvalue weighted by Gasteiger charge is -2.15. The van der Waals surface area contributed by atoms with Crippen molar-refractivity contribution < 1.29 is 45.3 Å². The molecule has 3 aromatic carbocycles. The van der Waals surface area contributed by atoms with Gasteiger partial charge in [-0.25, -0.2) is 8.42 Å². The number of aromatic nitrogens is 2. The van der Waals surface area contributed by atoms with E-state index in [0.717, 1.165) is 12.1 Å². The monoisotopic (exact) mass is 584 g/mol. The Kier molecular flexibility index (Phi) is 9.29. The van der Waals surface area contributed by atoms with Crippen LogP contribution in [0.2, 0.25) is 0 Å². The smallest absolute Gasteiger partial charge is 0.388 e. The average molecular weight is 585 g/mol. The maximum absolute atomic E-state index is 12.8. The van der Waals surface area contributed by atoms with Crippen molar-refractivity contribution in [1.29, 1.82) is 0 Å². The molecule has 214 valence electrons. The summed E-state index contributed by atoms with van der Waals surface area (Å²) in [5.74, 6) is -0.250. The number of hydrogen-bond donors (Lipinski definition) is 4. The topological polar surface area (TPSA) is 135 Å². The molecule has 10 nitrogen and oxygen atoms in total. The molecule has 1 aromatic heterocycles. The molecule has 0 aliphatic heterocycles. The van der Waals surface area contributed by atoms with Crippen LogP contribution in [0.15, 0.2) is 71.6 Å². The normalized spacial score (nSPS) is 12.6. The SMILES string of the molecule is O=S(=O)(Nc1cccc(C(O)CNCCOc2ccc3c(OC(F)F)n[nH]c3c2)c1)c1ccccc1OC(F)F. The molecule has 15 heteroatoms. The molecule has 0 bridgehead atoms. The highest BCUT2D eigenvalue weighted by molar-refractivity contribution is 7.92. The van der Waals surface area contributed by atoms with E-state index in [1.807, 2.05) is 0 Å². The van der Waals surface area contributed by atoms with Gasteiger partial charge in [-0.2, -0.15) is 17.6 Å². The number of hydrogen-bond acceptors (Lipinski definition) is 8. The van der Waals surface area contributed by atoms with E-state index in [-0.39, 0.29) is 24.7 Å². The van der Waals surface area contributed by atoms with Crippen molar-refractivity contribution in [2.24, 2.45) is 0 Å². The van der Waals surface area contributed by atoms with Gasteiger partial charge in [0.2, 0.25) is 5.88 Å². The second-order valence-electron chi connectivity index (χ2n) is 8.24. The number of nitrogens with one attached hydrogen (secondary N) is 3. The summed E-state index contributed by atoms with van der Waals surface area (Å²) in [6.45, 7) is -5.53. The summed E-state index contributed by atoms with van der Waals surface area (Å²) in [6, 6.07) is 15.7. The first-order chi connectivity index (χ1) is 19.1. The van der Waals surface area contributed by atoms with Crippen molar-refractivity contribution in [3.63, 3.8) is 0 Å². The largest absolute Gasteiger partial charge is 0.492 e. The number of para-hydroxylation sites is 1. The van der Waals surface area contributed by atoms with Gasteiger partial charge >= 0.3 is 13.2 Å². The van der Waals surface area contributed by atoms with E-state index in [0.29, 0.717) is 28.8 Å². The number of aromatic amines is 1. The zero-order valence-electron chi connectivity index (χ0n) is 20.6. The van der Waals surface area contributed by atoms with Crippen LogP contribution in [0.5, 0.6) is 17.4 Å². The molecule has 4 N–H and O–H groups in total. The van der Waals surface area contributed by atoms with Crippen LogP contribution in [0.4, 0.5) is 23.2 Å². The van der Waals surface area contributed by atoms with Crippen molar-refractivity contribution >= 4 is 26.6 Å².